The standard InChI is InChI=1S/C21H23BrFN3O/c1-14-18(22)26(12-15-2-3-15)19(25-14)21(27)10-8-20(13-24,9-11-21)16-4-6-17(23)7-5-16/h4-7,15,27H,2-3,8-12H2,1H3/t20-,21+. The van der Waals surface area contributed by atoms with Crippen LogP contribution in [0.15, 0.2) is 28.9 Å². The molecule has 4 rings (SSSR count). The molecule has 0 saturated heterocycles. The quantitative estimate of drug-likeness (QED) is 0.760. The maximum atomic E-state index is 13.3. The highest BCUT2D eigenvalue weighted by Gasteiger charge is 2.46. The first-order valence-electron chi connectivity index (χ1n) is 9.50. The summed E-state index contributed by atoms with van der Waals surface area (Å²) in [4.78, 5) is 4.68. The Hall–Kier alpha value is -1.71. The van der Waals surface area contributed by atoms with Crippen LogP contribution >= 0.6 is 15.9 Å². The predicted molar refractivity (Wildman–Crippen MR) is 103 cm³/mol. The summed E-state index contributed by atoms with van der Waals surface area (Å²) in [6.07, 6.45) is 4.43. The fourth-order valence-corrected chi connectivity index (χ4v) is 4.58. The second kappa shape index (κ2) is 6.72. The molecule has 2 aromatic rings. The molecule has 2 aliphatic rings. The maximum absolute atomic E-state index is 13.3. The predicted octanol–water partition coefficient (Wildman–Crippen LogP) is 4.73. The summed E-state index contributed by atoms with van der Waals surface area (Å²) in [7, 11) is 0. The van der Waals surface area contributed by atoms with Crippen LogP contribution < -0.4 is 0 Å². The topological polar surface area (TPSA) is 61.8 Å². The normalized spacial score (nSPS) is 28.1. The van der Waals surface area contributed by atoms with Crippen molar-refractivity contribution >= 4 is 15.9 Å². The Labute approximate surface area is 167 Å². The second-order valence-corrected chi connectivity index (χ2v) is 8.85. The van der Waals surface area contributed by atoms with Gasteiger partial charge in [-0.1, -0.05) is 12.1 Å². The number of imidazole rings is 1. The number of aryl methyl sites for hydroxylation is 1. The number of nitriles is 1. The molecule has 2 fully saturated rings. The first-order valence-corrected chi connectivity index (χ1v) is 10.3. The number of nitrogens with zero attached hydrogens (tertiary/aromatic N) is 3. The number of hydrogen-bond acceptors (Lipinski definition) is 3. The van der Waals surface area contributed by atoms with Crippen LogP contribution in [0.2, 0.25) is 0 Å². The third kappa shape index (κ3) is 3.32. The molecule has 1 aromatic carbocycles. The number of hydrogen-bond donors (Lipinski definition) is 1. The van der Waals surface area contributed by atoms with Gasteiger partial charge in [0.05, 0.1) is 17.2 Å². The molecule has 0 spiro atoms. The monoisotopic (exact) mass is 431 g/mol. The lowest BCUT2D eigenvalue weighted by Gasteiger charge is -2.40. The molecule has 4 nitrogen and oxygen atoms in total. The summed E-state index contributed by atoms with van der Waals surface area (Å²) in [6, 6.07) is 8.63. The molecule has 0 atom stereocenters. The van der Waals surface area contributed by atoms with Crippen molar-refractivity contribution in [3.05, 3.63) is 51.8 Å². The Balaban J connectivity index is 1.62. The van der Waals surface area contributed by atoms with E-state index in [0.29, 0.717) is 37.4 Å². The van der Waals surface area contributed by atoms with Gasteiger partial charge in [0.1, 0.15) is 21.8 Å². The molecule has 1 N–H and O–H groups in total. The minimum atomic E-state index is -1.04. The van der Waals surface area contributed by atoms with Crippen LogP contribution in [0, 0.1) is 30.0 Å². The number of benzene rings is 1. The van der Waals surface area contributed by atoms with E-state index in [4.69, 9.17) is 0 Å². The van der Waals surface area contributed by atoms with Gasteiger partial charge in [0, 0.05) is 6.54 Å². The van der Waals surface area contributed by atoms with Crippen LogP contribution in [0.1, 0.15) is 55.6 Å². The molecular formula is C21H23BrFN3O. The number of aromatic nitrogens is 2. The summed E-state index contributed by atoms with van der Waals surface area (Å²) in [6.45, 7) is 2.82. The van der Waals surface area contributed by atoms with Crippen molar-refractivity contribution < 1.29 is 9.50 Å². The molecule has 0 amide bonds. The molecule has 0 unspecified atom stereocenters. The average molecular weight is 432 g/mol. The van der Waals surface area contributed by atoms with E-state index in [0.717, 1.165) is 22.4 Å². The lowest BCUT2D eigenvalue weighted by Crippen LogP contribution is -2.40. The third-order valence-electron chi connectivity index (χ3n) is 6.16. The molecule has 1 heterocycles. The van der Waals surface area contributed by atoms with Gasteiger partial charge in [0.2, 0.25) is 0 Å². The van der Waals surface area contributed by atoms with Crippen LogP contribution in [0.3, 0.4) is 0 Å². The van der Waals surface area contributed by atoms with Gasteiger partial charge in [-0.05, 0) is 85.0 Å². The Kier molecular flexibility index (Phi) is 4.64. The van der Waals surface area contributed by atoms with E-state index in [1.807, 2.05) is 6.92 Å². The first-order chi connectivity index (χ1) is 12.9. The lowest BCUT2D eigenvalue weighted by atomic mass is 9.66. The molecule has 0 aliphatic heterocycles. The van der Waals surface area contributed by atoms with Crippen LogP contribution in [0.5, 0.6) is 0 Å². The third-order valence-corrected chi connectivity index (χ3v) is 7.16. The number of halogens is 2. The van der Waals surface area contributed by atoms with E-state index in [9.17, 15) is 14.8 Å². The molecule has 27 heavy (non-hydrogen) atoms. The smallest absolute Gasteiger partial charge is 0.142 e. The van der Waals surface area contributed by atoms with E-state index >= 15 is 0 Å². The minimum absolute atomic E-state index is 0.304. The molecule has 6 heteroatoms. The largest absolute Gasteiger partial charge is 0.382 e. The summed E-state index contributed by atoms with van der Waals surface area (Å²) < 4.78 is 16.3. The Morgan fingerprint density at radius 1 is 1.26 bits per heavy atom. The van der Waals surface area contributed by atoms with Crippen molar-refractivity contribution in [3.8, 4) is 6.07 Å². The molecule has 0 bridgehead atoms. The van der Waals surface area contributed by atoms with Gasteiger partial charge in [-0.2, -0.15) is 5.26 Å². The van der Waals surface area contributed by atoms with E-state index in [1.54, 1.807) is 12.1 Å². The van der Waals surface area contributed by atoms with Gasteiger partial charge in [-0.15, -0.1) is 0 Å². The van der Waals surface area contributed by atoms with Crippen molar-refractivity contribution in [1.82, 2.24) is 9.55 Å². The summed E-state index contributed by atoms with van der Waals surface area (Å²) in [5.74, 6) is 1.07. The van der Waals surface area contributed by atoms with Gasteiger partial charge in [-0.25, -0.2) is 9.37 Å². The summed E-state index contributed by atoms with van der Waals surface area (Å²) >= 11 is 3.63. The molecule has 142 valence electrons. The van der Waals surface area contributed by atoms with Crippen LogP contribution in [0.4, 0.5) is 4.39 Å². The van der Waals surface area contributed by atoms with E-state index < -0.39 is 11.0 Å². The van der Waals surface area contributed by atoms with Gasteiger partial charge >= 0.3 is 0 Å². The fourth-order valence-electron chi connectivity index (χ4n) is 4.18. The Morgan fingerprint density at radius 2 is 1.89 bits per heavy atom. The highest BCUT2D eigenvalue weighted by molar-refractivity contribution is 9.10. The van der Waals surface area contributed by atoms with Crippen molar-refractivity contribution in [1.29, 1.82) is 5.26 Å². The van der Waals surface area contributed by atoms with E-state index in [1.165, 1.54) is 25.0 Å². The number of rotatable bonds is 4. The van der Waals surface area contributed by atoms with Crippen LogP contribution in [0.25, 0.3) is 0 Å². The van der Waals surface area contributed by atoms with Crippen molar-refractivity contribution in [2.45, 2.75) is 63.0 Å². The molecule has 0 radical (unpaired) electrons. The Morgan fingerprint density at radius 3 is 2.44 bits per heavy atom. The summed E-state index contributed by atoms with van der Waals surface area (Å²) in [5, 5.41) is 21.3. The van der Waals surface area contributed by atoms with Crippen molar-refractivity contribution in [2.75, 3.05) is 0 Å². The highest BCUT2D eigenvalue weighted by atomic mass is 79.9. The maximum Gasteiger partial charge on any atom is 0.142 e. The van der Waals surface area contributed by atoms with Crippen molar-refractivity contribution in [3.63, 3.8) is 0 Å². The van der Waals surface area contributed by atoms with Gasteiger partial charge in [0.15, 0.2) is 0 Å². The average Bonchev–Trinajstić information content (AvgIpc) is 3.44. The molecule has 1 aromatic heterocycles. The second-order valence-electron chi connectivity index (χ2n) is 8.10. The van der Waals surface area contributed by atoms with Crippen LogP contribution in [-0.2, 0) is 17.6 Å². The van der Waals surface area contributed by atoms with Crippen molar-refractivity contribution in [2.24, 2.45) is 5.92 Å². The molecular weight excluding hydrogens is 409 g/mol. The Bertz CT molecular complexity index is 887. The first kappa shape index (κ1) is 18.6. The van der Waals surface area contributed by atoms with Gasteiger partial charge in [0.25, 0.3) is 0 Å². The highest BCUT2D eigenvalue weighted by Crippen LogP contribution is 2.47. The zero-order valence-corrected chi connectivity index (χ0v) is 17.0. The SMILES string of the molecule is Cc1nc([C@]2(O)CC[C@@](C#N)(c3ccc(F)cc3)CC2)n(CC2CC2)c1Br. The van der Waals surface area contributed by atoms with Gasteiger partial charge in [-0.3, -0.25) is 0 Å². The zero-order chi connectivity index (χ0) is 19.2. The molecule has 2 saturated carbocycles. The van der Waals surface area contributed by atoms with E-state index in [2.05, 4.69) is 31.6 Å². The zero-order valence-electron chi connectivity index (χ0n) is 15.4. The number of aliphatic hydroxyl groups is 1. The molecule has 2 aliphatic carbocycles. The summed E-state index contributed by atoms with van der Waals surface area (Å²) in [5.41, 5.74) is -0.00604. The fraction of sp³-hybridized carbons (Fsp3) is 0.524. The minimum Gasteiger partial charge on any atom is -0.382 e. The van der Waals surface area contributed by atoms with Gasteiger partial charge < -0.3 is 9.67 Å². The lowest BCUT2D eigenvalue weighted by molar-refractivity contribution is -0.0247. The van der Waals surface area contributed by atoms with Crippen LogP contribution in [-0.4, -0.2) is 14.7 Å². The van der Waals surface area contributed by atoms with E-state index in [-0.39, 0.29) is 5.82 Å².